The highest BCUT2D eigenvalue weighted by Gasteiger charge is 2.06. The van der Waals surface area contributed by atoms with Crippen molar-refractivity contribution in [2.75, 3.05) is 0 Å². The number of aromatic amines is 1. The normalized spacial score (nSPS) is 10.5. The SMILES string of the molecule is CCCCCCc1nn[nH]c(=O)c1CC. The van der Waals surface area contributed by atoms with Gasteiger partial charge >= 0.3 is 0 Å². The highest BCUT2D eigenvalue weighted by Crippen LogP contribution is 2.07. The van der Waals surface area contributed by atoms with Gasteiger partial charge in [0.2, 0.25) is 0 Å². The molecule has 0 atom stereocenters. The topological polar surface area (TPSA) is 58.6 Å². The Hall–Kier alpha value is -1.19. The van der Waals surface area contributed by atoms with Gasteiger partial charge in [0.05, 0.1) is 5.69 Å². The molecule has 1 N–H and O–H groups in total. The van der Waals surface area contributed by atoms with E-state index >= 15 is 0 Å². The highest BCUT2D eigenvalue weighted by atomic mass is 16.1. The number of aromatic nitrogens is 3. The van der Waals surface area contributed by atoms with E-state index in [9.17, 15) is 4.79 Å². The van der Waals surface area contributed by atoms with Crippen molar-refractivity contribution in [2.45, 2.75) is 52.4 Å². The number of H-pyrrole nitrogens is 1. The second-order valence-electron chi connectivity index (χ2n) is 3.73. The van der Waals surface area contributed by atoms with Gasteiger partial charge in [0.25, 0.3) is 5.56 Å². The summed E-state index contributed by atoms with van der Waals surface area (Å²) in [7, 11) is 0. The standard InChI is InChI=1S/C11H19N3O/c1-3-5-6-7-8-10-9(4-2)11(15)13-14-12-10/h3-8H2,1-2H3,(H,12,13,15). The summed E-state index contributed by atoms with van der Waals surface area (Å²) in [5.74, 6) is 0. The molecule has 84 valence electrons. The third-order valence-electron chi connectivity index (χ3n) is 2.57. The summed E-state index contributed by atoms with van der Waals surface area (Å²) in [6.45, 7) is 4.16. The van der Waals surface area contributed by atoms with Crippen LogP contribution in [-0.2, 0) is 12.8 Å². The largest absolute Gasteiger partial charge is 0.270 e. The summed E-state index contributed by atoms with van der Waals surface area (Å²) in [4.78, 5) is 11.4. The van der Waals surface area contributed by atoms with Gasteiger partial charge in [-0.2, -0.15) is 0 Å². The van der Waals surface area contributed by atoms with Crippen LogP contribution in [-0.4, -0.2) is 15.4 Å². The predicted molar refractivity (Wildman–Crippen MR) is 59.9 cm³/mol. The van der Waals surface area contributed by atoms with Crippen LogP contribution in [0.2, 0.25) is 0 Å². The molecule has 0 aromatic carbocycles. The van der Waals surface area contributed by atoms with Crippen molar-refractivity contribution in [3.05, 3.63) is 21.6 Å². The Bertz CT molecular complexity index is 346. The third kappa shape index (κ3) is 3.46. The van der Waals surface area contributed by atoms with Crippen LogP contribution in [0.25, 0.3) is 0 Å². The summed E-state index contributed by atoms with van der Waals surface area (Å²) < 4.78 is 0. The molecule has 0 radical (unpaired) electrons. The fourth-order valence-electron chi connectivity index (χ4n) is 1.67. The molecular formula is C11H19N3O. The maximum absolute atomic E-state index is 11.4. The molecule has 1 heterocycles. The molecule has 0 unspecified atom stereocenters. The monoisotopic (exact) mass is 209 g/mol. The smallest absolute Gasteiger partial charge is 0.268 e. The lowest BCUT2D eigenvalue weighted by molar-refractivity contribution is 0.643. The first-order chi connectivity index (χ1) is 7.29. The molecule has 4 nitrogen and oxygen atoms in total. The van der Waals surface area contributed by atoms with Crippen molar-refractivity contribution in [1.29, 1.82) is 0 Å². The summed E-state index contributed by atoms with van der Waals surface area (Å²) in [5.41, 5.74) is 1.58. The predicted octanol–water partition coefficient (Wildman–Crippen LogP) is 1.85. The first-order valence-electron chi connectivity index (χ1n) is 5.72. The second-order valence-corrected chi connectivity index (χ2v) is 3.73. The summed E-state index contributed by atoms with van der Waals surface area (Å²) in [6.07, 6.45) is 6.38. The Morgan fingerprint density at radius 2 is 2.00 bits per heavy atom. The summed E-state index contributed by atoms with van der Waals surface area (Å²) in [6, 6.07) is 0. The van der Waals surface area contributed by atoms with Crippen LogP contribution < -0.4 is 5.56 Å². The molecule has 0 aliphatic carbocycles. The molecule has 1 aromatic rings. The number of hydrogen-bond donors (Lipinski definition) is 1. The molecular weight excluding hydrogens is 190 g/mol. The van der Waals surface area contributed by atoms with Crippen LogP contribution in [0.15, 0.2) is 4.79 Å². The van der Waals surface area contributed by atoms with Crippen LogP contribution in [0.4, 0.5) is 0 Å². The average Bonchev–Trinajstić information content (AvgIpc) is 2.24. The Labute approximate surface area is 90.1 Å². The number of rotatable bonds is 6. The Morgan fingerprint density at radius 3 is 2.67 bits per heavy atom. The number of hydrogen-bond acceptors (Lipinski definition) is 3. The van der Waals surface area contributed by atoms with Crippen molar-refractivity contribution in [2.24, 2.45) is 0 Å². The minimum Gasteiger partial charge on any atom is -0.268 e. The van der Waals surface area contributed by atoms with Gasteiger partial charge in [-0.15, -0.1) is 5.10 Å². The lowest BCUT2D eigenvalue weighted by Crippen LogP contribution is -2.18. The summed E-state index contributed by atoms with van der Waals surface area (Å²) in [5, 5.41) is 9.98. The minimum absolute atomic E-state index is 0.0852. The van der Waals surface area contributed by atoms with E-state index in [1.165, 1.54) is 19.3 Å². The van der Waals surface area contributed by atoms with Crippen LogP contribution in [0, 0.1) is 0 Å². The zero-order valence-corrected chi connectivity index (χ0v) is 9.55. The van der Waals surface area contributed by atoms with E-state index in [4.69, 9.17) is 0 Å². The van der Waals surface area contributed by atoms with Gasteiger partial charge < -0.3 is 0 Å². The van der Waals surface area contributed by atoms with Crippen LogP contribution in [0.1, 0.15) is 50.8 Å². The van der Waals surface area contributed by atoms with E-state index in [0.29, 0.717) is 0 Å². The molecule has 1 aromatic heterocycles. The maximum Gasteiger partial charge on any atom is 0.270 e. The molecule has 0 bridgehead atoms. The van der Waals surface area contributed by atoms with E-state index in [1.54, 1.807) is 0 Å². The quantitative estimate of drug-likeness (QED) is 0.727. The summed E-state index contributed by atoms with van der Waals surface area (Å²) >= 11 is 0. The Balaban J connectivity index is 2.60. The first kappa shape index (κ1) is 11.9. The van der Waals surface area contributed by atoms with E-state index < -0.39 is 0 Å². The number of unbranched alkanes of at least 4 members (excludes halogenated alkanes) is 3. The lowest BCUT2D eigenvalue weighted by Gasteiger charge is -2.03. The van der Waals surface area contributed by atoms with Crippen LogP contribution in [0.5, 0.6) is 0 Å². The molecule has 4 heteroatoms. The van der Waals surface area contributed by atoms with Crippen molar-refractivity contribution in [3.8, 4) is 0 Å². The van der Waals surface area contributed by atoms with E-state index in [2.05, 4.69) is 22.3 Å². The van der Waals surface area contributed by atoms with Crippen molar-refractivity contribution < 1.29 is 0 Å². The van der Waals surface area contributed by atoms with Gasteiger partial charge in [-0.05, 0) is 19.3 Å². The first-order valence-corrected chi connectivity index (χ1v) is 5.72. The molecule has 0 spiro atoms. The third-order valence-corrected chi connectivity index (χ3v) is 2.57. The Morgan fingerprint density at radius 1 is 1.20 bits per heavy atom. The van der Waals surface area contributed by atoms with Crippen LogP contribution >= 0.6 is 0 Å². The van der Waals surface area contributed by atoms with E-state index in [0.717, 1.165) is 30.5 Å². The fraction of sp³-hybridized carbons (Fsp3) is 0.727. The van der Waals surface area contributed by atoms with Crippen molar-refractivity contribution in [1.82, 2.24) is 15.4 Å². The molecule has 0 fully saturated rings. The van der Waals surface area contributed by atoms with Crippen molar-refractivity contribution >= 4 is 0 Å². The second kappa shape index (κ2) is 6.32. The maximum atomic E-state index is 11.4. The average molecular weight is 209 g/mol. The fourth-order valence-corrected chi connectivity index (χ4v) is 1.67. The molecule has 1 rings (SSSR count). The molecule has 0 aliphatic rings. The van der Waals surface area contributed by atoms with Crippen molar-refractivity contribution in [3.63, 3.8) is 0 Å². The molecule has 0 aliphatic heterocycles. The number of nitrogens with zero attached hydrogens (tertiary/aromatic N) is 2. The number of nitrogens with one attached hydrogen (secondary N) is 1. The van der Waals surface area contributed by atoms with Gasteiger partial charge in [-0.1, -0.05) is 38.3 Å². The van der Waals surface area contributed by atoms with E-state index in [1.807, 2.05) is 6.92 Å². The molecule has 0 saturated heterocycles. The van der Waals surface area contributed by atoms with Gasteiger partial charge in [-0.25, -0.2) is 5.10 Å². The molecule has 15 heavy (non-hydrogen) atoms. The number of aryl methyl sites for hydroxylation is 1. The highest BCUT2D eigenvalue weighted by molar-refractivity contribution is 5.14. The lowest BCUT2D eigenvalue weighted by atomic mass is 10.1. The molecule has 0 saturated carbocycles. The zero-order chi connectivity index (χ0) is 11.1. The van der Waals surface area contributed by atoms with Gasteiger partial charge in [0.15, 0.2) is 0 Å². The van der Waals surface area contributed by atoms with E-state index in [-0.39, 0.29) is 5.56 Å². The van der Waals surface area contributed by atoms with Gasteiger partial charge in [0.1, 0.15) is 0 Å². The zero-order valence-electron chi connectivity index (χ0n) is 9.55. The van der Waals surface area contributed by atoms with Gasteiger partial charge in [-0.3, -0.25) is 4.79 Å². The Kier molecular flexibility index (Phi) is 5.01. The molecule has 0 amide bonds. The van der Waals surface area contributed by atoms with Crippen LogP contribution in [0.3, 0.4) is 0 Å². The minimum atomic E-state index is -0.0852. The van der Waals surface area contributed by atoms with Gasteiger partial charge in [0, 0.05) is 5.56 Å².